The van der Waals surface area contributed by atoms with E-state index in [0.717, 1.165) is 11.3 Å². The molecule has 2 heterocycles. The molecular formula is C23H21FN4O2. The van der Waals surface area contributed by atoms with Crippen LogP contribution >= 0.6 is 0 Å². The summed E-state index contributed by atoms with van der Waals surface area (Å²) in [5, 5.41) is 7.52. The topological polar surface area (TPSA) is 61.1 Å². The Bertz CT molecular complexity index is 1150. The third-order valence-electron chi connectivity index (χ3n) is 4.80. The highest BCUT2D eigenvalue weighted by atomic mass is 19.1. The molecule has 2 aromatic carbocycles. The first-order valence-corrected chi connectivity index (χ1v) is 9.47. The number of amides is 1. The predicted molar refractivity (Wildman–Crippen MR) is 112 cm³/mol. The number of carbonyl (C=O) groups is 1. The Morgan fingerprint density at radius 1 is 1.07 bits per heavy atom. The molecule has 0 spiro atoms. The summed E-state index contributed by atoms with van der Waals surface area (Å²) in [6.07, 6.45) is 3.69. The van der Waals surface area contributed by atoms with E-state index in [2.05, 4.69) is 10.4 Å². The number of nitrogens with zero attached hydrogens (tertiary/aromatic N) is 3. The molecule has 4 rings (SSSR count). The van der Waals surface area contributed by atoms with Crippen LogP contribution in [-0.4, -0.2) is 27.4 Å². The maximum atomic E-state index is 13.4. The molecule has 0 saturated carbocycles. The summed E-state index contributed by atoms with van der Waals surface area (Å²) in [5.41, 5.74) is 2.66. The van der Waals surface area contributed by atoms with Gasteiger partial charge < -0.3 is 14.6 Å². The third kappa shape index (κ3) is 3.82. The average Bonchev–Trinajstić information content (AvgIpc) is 3.40. The van der Waals surface area contributed by atoms with Crippen LogP contribution in [0.5, 0.6) is 5.75 Å². The van der Waals surface area contributed by atoms with Crippen LogP contribution in [0.15, 0.2) is 73.1 Å². The van der Waals surface area contributed by atoms with Gasteiger partial charge in [0.1, 0.15) is 17.1 Å². The van der Waals surface area contributed by atoms with Crippen molar-refractivity contribution < 1.29 is 13.9 Å². The molecule has 0 fully saturated rings. The second-order valence-corrected chi connectivity index (χ2v) is 6.79. The summed E-state index contributed by atoms with van der Waals surface area (Å²) >= 11 is 0. The molecular weight excluding hydrogens is 383 g/mol. The third-order valence-corrected chi connectivity index (χ3v) is 4.80. The average molecular weight is 404 g/mol. The van der Waals surface area contributed by atoms with Gasteiger partial charge in [-0.15, -0.1) is 0 Å². The number of nitrogens with one attached hydrogen (secondary N) is 1. The number of hydrogen-bond acceptors (Lipinski definition) is 3. The Balaban J connectivity index is 1.68. The number of ether oxygens (including phenoxy) is 1. The Kier molecular flexibility index (Phi) is 5.34. The lowest BCUT2D eigenvalue weighted by Crippen LogP contribution is -2.24. The van der Waals surface area contributed by atoms with E-state index in [4.69, 9.17) is 4.74 Å². The van der Waals surface area contributed by atoms with Gasteiger partial charge in [-0.1, -0.05) is 12.1 Å². The number of aromatic nitrogens is 3. The Labute approximate surface area is 173 Å². The number of halogens is 1. The van der Waals surface area contributed by atoms with E-state index in [1.54, 1.807) is 30.8 Å². The van der Waals surface area contributed by atoms with Gasteiger partial charge in [-0.25, -0.2) is 9.07 Å². The van der Waals surface area contributed by atoms with E-state index in [-0.39, 0.29) is 11.7 Å². The fourth-order valence-electron chi connectivity index (χ4n) is 3.27. The molecule has 1 amide bonds. The van der Waals surface area contributed by atoms with E-state index in [0.29, 0.717) is 29.3 Å². The summed E-state index contributed by atoms with van der Waals surface area (Å²) in [6.45, 7) is 2.16. The summed E-state index contributed by atoms with van der Waals surface area (Å²) in [6, 6.07) is 17.3. The Hall–Kier alpha value is -3.87. The second kappa shape index (κ2) is 8.24. The number of benzene rings is 2. The lowest BCUT2D eigenvalue weighted by molar-refractivity contribution is 0.0950. The van der Waals surface area contributed by atoms with E-state index in [1.165, 1.54) is 12.1 Å². The molecule has 0 radical (unpaired) electrons. The monoisotopic (exact) mass is 404 g/mol. The van der Waals surface area contributed by atoms with Crippen molar-refractivity contribution in [3.63, 3.8) is 0 Å². The molecule has 30 heavy (non-hydrogen) atoms. The van der Waals surface area contributed by atoms with Gasteiger partial charge in [-0.05, 0) is 61.0 Å². The largest absolute Gasteiger partial charge is 0.497 e. The number of hydrogen-bond donors (Lipinski definition) is 1. The summed E-state index contributed by atoms with van der Waals surface area (Å²) in [5.74, 6) is 0.788. The van der Waals surface area contributed by atoms with Crippen LogP contribution in [0.3, 0.4) is 0 Å². The van der Waals surface area contributed by atoms with Gasteiger partial charge in [0, 0.05) is 18.9 Å². The Morgan fingerprint density at radius 2 is 1.73 bits per heavy atom. The SMILES string of the molecule is COc1ccc(CNC(=O)c2c(C)nn(-c3ccc(F)cc3)c2-n2cccc2)cc1. The first kappa shape index (κ1) is 19.4. The smallest absolute Gasteiger partial charge is 0.257 e. The highest BCUT2D eigenvalue weighted by Crippen LogP contribution is 2.23. The van der Waals surface area contributed by atoms with Crippen molar-refractivity contribution >= 4 is 5.91 Å². The van der Waals surface area contributed by atoms with Gasteiger partial charge in [0.2, 0.25) is 0 Å². The van der Waals surface area contributed by atoms with Gasteiger partial charge in [0.25, 0.3) is 5.91 Å². The first-order chi connectivity index (χ1) is 14.6. The molecule has 0 saturated heterocycles. The molecule has 0 aliphatic heterocycles. The zero-order valence-electron chi connectivity index (χ0n) is 16.7. The van der Waals surface area contributed by atoms with Crippen LogP contribution in [0.25, 0.3) is 11.5 Å². The fourth-order valence-corrected chi connectivity index (χ4v) is 3.27. The minimum atomic E-state index is -0.331. The van der Waals surface area contributed by atoms with Crippen molar-refractivity contribution in [1.29, 1.82) is 0 Å². The normalized spacial score (nSPS) is 10.8. The van der Waals surface area contributed by atoms with Crippen molar-refractivity contribution in [2.45, 2.75) is 13.5 Å². The van der Waals surface area contributed by atoms with E-state index in [9.17, 15) is 9.18 Å². The summed E-state index contributed by atoms with van der Waals surface area (Å²) < 4.78 is 22.0. The van der Waals surface area contributed by atoms with Gasteiger partial charge in [0.15, 0.2) is 5.82 Å². The van der Waals surface area contributed by atoms with E-state index >= 15 is 0 Å². The maximum Gasteiger partial charge on any atom is 0.257 e. The zero-order valence-corrected chi connectivity index (χ0v) is 16.7. The van der Waals surface area contributed by atoms with Crippen molar-refractivity contribution in [3.05, 3.63) is 95.7 Å². The Morgan fingerprint density at radius 3 is 2.37 bits per heavy atom. The zero-order chi connectivity index (χ0) is 21.1. The molecule has 6 nitrogen and oxygen atoms in total. The molecule has 152 valence electrons. The highest BCUT2D eigenvalue weighted by Gasteiger charge is 2.23. The number of aryl methyl sites for hydroxylation is 1. The van der Waals surface area contributed by atoms with Crippen molar-refractivity contribution in [2.75, 3.05) is 7.11 Å². The molecule has 0 atom stereocenters. The number of carbonyl (C=O) groups excluding carboxylic acids is 1. The predicted octanol–water partition coefficient (Wildman–Crippen LogP) is 4.05. The fraction of sp³-hybridized carbons (Fsp3) is 0.130. The summed E-state index contributed by atoms with van der Waals surface area (Å²) in [7, 11) is 1.61. The van der Waals surface area contributed by atoms with E-state index < -0.39 is 0 Å². The molecule has 1 N–H and O–H groups in total. The number of rotatable bonds is 6. The van der Waals surface area contributed by atoms with Crippen LogP contribution in [0.2, 0.25) is 0 Å². The lowest BCUT2D eigenvalue weighted by atomic mass is 10.2. The molecule has 0 aliphatic carbocycles. The van der Waals surface area contributed by atoms with Crippen LogP contribution in [-0.2, 0) is 6.54 Å². The van der Waals surface area contributed by atoms with Crippen LogP contribution in [0.4, 0.5) is 4.39 Å². The first-order valence-electron chi connectivity index (χ1n) is 9.47. The van der Waals surface area contributed by atoms with Gasteiger partial charge >= 0.3 is 0 Å². The quantitative estimate of drug-likeness (QED) is 0.527. The van der Waals surface area contributed by atoms with Crippen LogP contribution < -0.4 is 10.1 Å². The number of methoxy groups -OCH3 is 1. The van der Waals surface area contributed by atoms with Gasteiger partial charge in [-0.2, -0.15) is 5.10 Å². The molecule has 4 aromatic rings. The minimum absolute atomic E-state index is 0.236. The molecule has 0 unspecified atom stereocenters. The van der Waals surface area contributed by atoms with Gasteiger partial charge in [-0.3, -0.25) is 4.79 Å². The van der Waals surface area contributed by atoms with Crippen LogP contribution in [0, 0.1) is 12.7 Å². The van der Waals surface area contributed by atoms with Gasteiger partial charge in [0.05, 0.1) is 18.5 Å². The molecule has 0 aliphatic rings. The standard InChI is InChI=1S/C23H21FN4O2/c1-16-21(22(29)25-15-17-5-11-20(30-2)12-6-17)23(27-13-3-4-14-27)28(26-16)19-9-7-18(24)8-10-19/h3-14H,15H2,1-2H3,(H,25,29). The van der Waals surface area contributed by atoms with Crippen molar-refractivity contribution in [2.24, 2.45) is 0 Å². The van der Waals surface area contributed by atoms with Crippen molar-refractivity contribution in [3.8, 4) is 17.3 Å². The molecule has 7 heteroatoms. The van der Waals surface area contributed by atoms with E-state index in [1.807, 2.05) is 53.4 Å². The summed E-state index contributed by atoms with van der Waals surface area (Å²) in [4.78, 5) is 13.1. The minimum Gasteiger partial charge on any atom is -0.497 e. The highest BCUT2D eigenvalue weighted by molar-refractivity contribution is 5.98. The second-order valence-electron chi connectivity index (χ2n) is 6.79. The molecule has 0 bridgehead atoms. The maximum absolute atomic E-state index is 13.4. The molecule has 2 aromatic heterocycles. The van der Waals surface area contributed by atoms with Crippen LogP contribution in [0.1, 0.15) is 21.6 Å². The van der Waals surface area contributed by atoms with Crippen molar-refractivity contribution in [1.82, 2.24) is 19.7 Å². The lowest BCUT2D eigenvalue weighted by Gasteiger charge is -2.11.